The van der Waals surface area contributed by atoms with Gasteiger partial charge in [-0.3, -0.25) is 0 Å². The van der Waals surface area contributed by atoms with Crippen molar-refractivity contribution in [1.82, 2.24) is 0 Å². The number of hydrogen-bond donors (Lipinski definition) is 1. The molecule has 0 saturated heterocycles. The van der Waals surface area contributed by atoms with Crippen LogP contribution in [-0.2, 0) is 23.8 Å². The maximum atomic E-state index is 12.2. The topological polar surface area (TPSA) is 102 Å². The van der Waals surface area contributed by atoms with Gasteiger partial charge in [0.15, 0.2) is 0 Å². The lowest BCUT2D eigenvalue weighted by atomic mass is 10.1. The molecule has 10 heteroatoms. The van der Waals surface area contributed by atoms with Gasteiger partial charge in [0, 0.05) is 4.47 Å². The van der Waals surface area contributed by atoms with Gasteiger partial charge in [-0.2, -0.15) is 0 Å². The fraction of sp³-hybridized carbons (Fsp3) is 0.267. The summed E-state index contributed by atoms with van der Waals surface area (Å²) < 4.78 is 15.1. The zero-order chi connectivity index (χ0) is 18.7. The van der Waals surface area contributed by atoms with Crippen LogP contribution in [-0.4, -0.2) is 50.6 Å². The first-order chi connectivity index (χ1) is 11.8. The van der Waals surface area contributed by atoms with E-state index in [0.29, 0.717) is 4.47 Å². The van der Waals surface area contributed by atoms with Gasteiger partial charge in [-0.05, 0) is 28.1 Å². The van der Waals surface area contributed by atoms with E-state index in [-0.39, 0.29) is 40.9 Å². The number of esters is 2. The zero-order valence-electron chi connectivity index (χ0n) is 13.2. The van der Waals surface area contributed by atoms with E-state index in [2.05, 4.69) is 20.7 Å². The van der Waals surface area contributed by atoms with Gasteiger partial charge in [0.25, 0.3) is 0 Å². The molecule has 1 heterocycles. The van der Waals surface area contributed by atoms with Gasteiger partial charge in [-0.25, -0.2) is 14.4 Å². The number of ether oxygens (including phenoxy) is 3. The lowest BCUT2D eigenvalue weighted by Crippen LogP contribution is -2.39. The van der Waals surface area contributed by atoms with Crippen LogP contribution in [0, 0.1) is 0 Å². The Morgan fingerprint density at radius 2 is 1.88 bits per heavy atom. The van der Waals surface area contributed by atoms with Gasteiger partial charge < -0.3 is 24.2 Å². The highest BCUT2D eigenvalue weighted by Gasteiger charge is 2.34. The quantitative estimate of drug-likeness (QED) is 0.720. The predicted molar refractivity (Wildman–Crippen MR) is 90.5 cm³/mol. The van der Waals surface area contributed by atoms with Crippen molar-refractivity contribution < 1.29 is 33.7 Å². The van der Waals surface area contributed by atoms with E-state index in [0.717, 1.165) is 0 Å². The molecule has 134 valence electrons. The number of carboxylic acid groups (broad SMARTS) is 1. The van der Waals surface area contributed by atoms with Crippen LogP contribution in [0.25, 0.3) is 0 Å². The lowest BCUT2D eigenvalue weighted by molar-refractivity contribution is -0.140. The molecular weight excluding hydrogens is 422 g/mol. The number of halogens is 2. The molecule has 0 bridgehead atoms. The maximum absolute atomic E-state index is 12.2. The maximum Gasteiger partial charge on any atom is 0.355 e. The van der Waals surface area contributed by atoms with Crippen molar-refractivity contribution >= 4 is 51.1 Å². The lowest BCUT2D eigenvalue weighted by Gasteiger charge is -2.32. The third-order valence-electron chi connectivity index (χ3n) is 3.37. The molecule has 0 unspecified atom stereocenters. The number of hydrogen-bond acceptors (Lipinski definition) is 7. The number of carbonyl (C=O) groups excluding carboxylic acids is 2. The second kappa shape index (κ2) is 7.85. The summed E-state index contributed by atoms with van der Waals surface area (Å²) in [5.74, 6) is -2.70. The second-order valence-electron chi connectivity index (χ2n) is 4.81. The average molecular weight is 435 g/mol. The number of benzene rings is 1. The van der Waals surface area contributed by atoms with Crippen LogP contribution >= 0.6 is 27.5 Å². The van der Waals surface area contributed by atoms with Gasteiger partial charge in [-0.1, -0.05) is 11.6 Å². The fourth-order valence-electron chi connectivity index (χ4n) is 2.27. The molecule has 1 N–H and O–H groups in total. The van der Waals surface area contributed by atoms with Crippen molar-refractivity contribution in [2.75, 3.05) is 32.5 Å². The Hall–Kier alpha value is -2.10. The third kappa shape index (κ3) is 3.78. The summed E-state index contributed by atoms with van der Waals surface area (Å²) in [7, 11) is 2.34. The number of anilines is 1. The van der Waals surface area contributed by atoms with E-state index in [1.807, 2.05) is 0 Å². The van der Waals surface area contributed by atoms with Crippen molar-refractivity contribution in [1.29, 1.82) is 0 Å². The summed E-state index contributed by atoms with van der Waals surface area (Å²) in [5, 5.41) is 9.14. The van der Waals surface area contributed by atoms with Gasteiger partial charge in [0.2, 0.25) is 0 Å². The molecule has 0 atom stereocenters. The van der Waals surface area contributed by atoms with Crippen LogP contribution < -0.4 is 4.90 Å². The summed E-state index contributed by atoms with van der Waals surface area (Å²) in [6, 6.07) is 2.55. The largest absolute Gasteiger partial charge is 0.478 e. The van der Waals surface area contributed by atoms with E-state index in [9.17, 15) is 14.4 Å². The monoisotopic (exact) mass is 433 g/mol. The highest BCUT2D eigenvalue weighted by atomic mass is 79.9. The second-order valence-corrected chi connectivity index (χ2v) is 6.07. The van der Waals surface area contributed by atoms with Crippen LogP contribution in [0.5, 0.6) is 0 Å². The Labute approximate surface area is 156 Å². The van der Waals surface area contributed by atoms with Crippen LogP contribution in [0.1, 0.15) is 10.4 Å². The molecule has 0 amide bonds. The Bertz CT molecular complexity index is 754. The Morgan fingerprint density at radius 1 is 1.24 bits per heavy atom. The first kappa shape index (κ1) is 19.2. The van der Waals surface area contributed by atoms with Gasteiger partial charge in [0.05, 0.1) is 42.7 Å². The summed E-state index contributed by atoms with van der Waals surface area (Å²) in [5.41, 5.74) is 0.0839. The first-order valence-corrected chi connectivity index (χ1v) is 7.96. The minimum absolute atomic E-state index is 0.0362. The molecule has 2 rings (SSSR count). The number of nitrogens with zero attached hydrogens (tertiary/aromatic N) is 1. The van der Waals surface area contributed by atoms with Crippen LogP contribution in [0.2, 0.25) is 5.02 Å². The van der Waals surface area contributed by atoms with Gasteiger partial charge >= 0.3 is 17.9 Å². The number of aromatic carboxylic acids is 1. The Morgan fingerprint density at radius 3 is 2.40 bits per heavy atom. The molecule has 1 aromatic rings. The molecule has 1 aliphatic heterocycles. The van der Waals surface area contributed by atoms with Crippen molar-refractivity contribution in [3.8, 4) is 0 Å². The van der Waals surface area contributed by atoms with Crippen LogP contribution in [0.3, 0.4) is 0 Å². The smallest absolute Gasteiger partial charge is 0.355 e. The number of carbonyl (C=O) groups is 3. The molecule has 0 aromatic heterocycles. The standard InChI is InChI=1S/C15H13BrClNO7/c1-23-14(21)8-5-25-6-18(11(8)15(22)24-2)12-9(16)3-7(13(19)20)4-10(12)17/h3-4H,5-6H2,1-2H3,(H,19,20). The minimum Gasteiger partial charge on any atom is -0.478 e. The SMILES string of the molecule is COC(=O)C1=C(C(=O)OC)N(c2c(Cl)cc(C(=O)O)cc2Br)COC1. The van der Waals surface area contributed by atoms with Gasteiger partial charge in [0.1, 0.15) is 12.4 Å². The third-order valence-corrected chi connectivity index (χ3v) is 4.26. The zero-order valence-corrected chi connectivity index (χ0v) is 15.5. The van der Waals surface area contributed by atoms with E-state index in [4.69, 9.17) is 26.2 Å². The molecular formula is C15H13BrClNO7. The van der Waals surface area contributed by atoms with Gasteiger partial charge in [-0.15, -0.1) is 0 Å². The summed E-state index contributed by atoms with van der Waals surface area (Å²) in [6.45, 7) is -0.244. The number of rotatable bonds is 4. The fourth-order valence-corrected chi connectivity index (χ4v) is 3.38. The molecule has 1 aliphatic rings. The molecule has 0 radical (unpaired) electrons. The Balaban J connectivity index is 2.66. The first-order valence-electron chi connectivity index (χ1n) is 6.79. The summed E-state index contributed by atoms with van der Waals surface area (Å²) in [4.78, 5) is 36.7. The van der Waals surface area contributed by atoms with Crippen molar-refractivity contribution in [2.24, 2.45) is 0 Å². The predicted octanol–water partition coefficient (Wildman–Crippen LogP) is 2.19. The van der Waals surface area contributed by atoms with E-state index in [1.165, 1.54) is 31.3 Å². The van der Waals surface area contributed by atoms with E-state index in [1.54, 1.807) is 0 Å². The summed E-state index contributed by atoms with van der Waals surface area (Å²) >= 11 is 9.44. The summed E-state index contributed by atoms with van der Waals surface area (Å²) in [6.07, 6.45) is 0. The molecule has 8 nitrogen and oxygen atoms in total. The van der Waals surface area contributed by atoms with E-state index >= 15 is 0 Å². The van der Waals surface area contributed by atoms with Crippen LogP contribution in [0.4, 0.5) is 5.69 Å². The molecule has 0 saturated carbocycles. The average Bonchev–Trinajstić information content (AvgIpc) is 2.59. The molecule has 1 aromatic carbocycles. The number of methoxy groups -OCH3 is 2. The minimum atomic E-state index is -1.16. The number of carboxylic acids is 1. The highest BCUT2D eigenvalue weighted by Crippen LogP contribution is 2.39. The van der Waals surface area contributed by atoms with Crippen molar-refractivity contribution in [2.45, 2.75) is 0 Å². The molecule has 25 heavy (non-hydrogen) atoms. The van der Waals surface area contributed by atoms with Crippen molar-refractivity contribution in [3.05, 3.63) is 38.5 Å². The molecule has 0 aliphatic carbocycles. The van der Waals surface area contributed by atoms with Crippen LogP contribution in [0.15, 0.2) is 27.9 Å². The molecule has 0 fully saturated rings. The highest BCUT2D eigenvalue weighted by molar-refractivity contribution is 9.10. The molecule has 0 spiro atoms. The normalized spacial score (nSPS) is 14.3. The Kier molecular flexibility index (Phi) is 6.04. The van der Waals surface area contributed by atoms with Crippen molar-refractivity contribution in [3.63, 3.8) is 0 Å². The van der Waals surface area contributed by atoms with E-state index < -0.39 is 17.9 Å².